The van der Waals surface area contributed by atoms with Crippen LogP contribution in [0.25, 0.3) is 10.9 Å². The van der Waals surface area contributed by atoms with Crippen LogP contribution in [0.15, 0.2) is 41.8 Å². The third-order valence-electron chi connectivity index (χ3n) is 5.04. The first kappa shape index (κ1) is 18.4. The van der Waals surface area contributed by atoms with E-state index < -0.39 is 12.0 Å². The fraction of sp³-hybridized carbons (Fsp3) is 0.286. The van der Waals surface area contributed by atoms with Crippen molar-refractivity contribution in [3.8, 4) is 0 Å². The molecule has 28 heavy (non-hydrogen) atoms. The summed E-state index contributed by atoms with van der Waals surface area (Å²) in [4.78, 5) is 43.2. The number of nitrogens with one attached hydrogen (secondary N) is 1. The maximum atomic E-state index is 12.7. The lowest BCUT2D eigenvalue weighted by molar-refractivity contribution is -0.147. The second-order valence-electron chi connectivity index (χ2n) is 6.84. The summed E-state index contributed by atoms with van der Waals surface area (Å²) >= 11 is 1.35. The zero-order valence-corrected chi connectivity index (χ0v) is 16.3. The number of hydrogen-bond acceptors (Lipinski definition) is 5. The molecular formula is C21H20N2O4S. The second-order valence-corrected chi connectivity index (χ2v) is 7.78. The van der Waals surface area contributed by atoms with Gasteiger partial charge < -0.3 is 14.6 Å². The van der Waals surface area contributed by atoms with Crippen LogP contribution < -0.4 is 0 Å². The number of esters is 1. The average molecular weight is 396 g/mol. The number of para-hydroxylation sites is 1. The lowest BCUT2D eigenvalue weighted by atomic mass is 10.1. The third-order valence-corrected chi connectivity index (χ3v) is 5.89. The third kappa shape index (κ3) is 3.33. The molecule has 1 fully saturated rings. The molecular weight excluding hydrogens is 376 g/mol. The summed E-state index contributed by atoms with van der Waals surface area (Å²) in [6, 6.07) is 10.5. The summed E-state index contributed by atoms with van der Waals surface area (Å²) in [5, 5.41) is 2.65. The number of carbonyl (C=O) groups excluding carboxylic acids is 3. The van der Waals surface area contributed by atoms with Crippen molar-refractivity contribution >= 4 is 39.9 Å². The molecule has 1 amide bonds. The van der Waals surface area contributed by atoms with E-state index in [0.717, 1.165) is 23.0 Å². The molecule has 0 radical (unpaired) electrons. The average Bonchev–Trinajstić information content (AvgIpc) is 3.43. The molecule has 2 aromatic heterocycles. The molecule has 1 saturated heterocycles. The first-order chi connectivity index (χ1) is 13.6. The van der Waals surface area contributed by atoms with Gasteiger partial charge in [-0.25, -0.2) is 4.79 Å². The van der Waals surface area contributed by atoms with Gasteiger partial charge in [-0.3, -0.25) is 9.59 Å². The molecule has 6 nitrogen and oxygen atoms in total. The van der Waals surface area contributed by atoms with E-state index in [1.165, 1.54) is 11.3 Å². The van der Waals surface area contributed by atoms with E-state index in [4.69, 9.17) is 4.74 Å². The number of thiophene rings is 1. The van der Waals surface area contributed by atoms with Crippen molar-refractivity contribution in [3.05, 3.63) is 57.9 Å². The smallest absolute Gasteiger partial charge is 0.329 e. The first-order valence-corrected chi connectivity index (χ1v) is 10.1. The van der Waals surface area contributed by atoms with Crippen LogP contribution in [0.4, 0.5) is 0 Å². The SMILES string of the molecule is Cc1[nH]c2ccccc2c1C(=O)COC(=O)[C@H]1CCCN1C(=O)c1cccs1. The summed E-state index contributed by atoms with van der Waals surface area (Å²) in [5.41, 5.74) is 2.16. The highest BCUT2D eigenvalue weighted by atomic mass is 32.1. The Labute approximate surface area is 166 Å². The maximum Gasteiger partial charge on any atom is 0.329 e. The number of amides is 1. The van der Waals surface area contributed by atoms with Crippen LogP contribution in [-0.4, -0.2) is 46.7 Å². The molecule has 4 rings (SSSR count). The Morgan fingerprint density at radius 1 is 1.21 bits per heavy atom. The number of benzene rings is 1. The number of Topliss-reactive ketones (excluding diaryl/α,β-unsaturated/α-hetero) is 1. The summed E-state index contributed by atoms with van der Waals surface area (Å²) in [6.07, 6.45) is 1.29. The Balaban J connectivity index is 1.44. The molecule has 0 saturated carbocycles. The predicted molar refractivity (Wildman–Crippen MR) is 107 cm³/mol. The number of ether oxygens (including phenoxy) is 1. The van der Waals surface area contributed by atoms with Gasteiger partial charge in [0.05, 0.1) is 4.88 Å². The van der Waals surface area contributed by atoms with Crippen LogP contribution in [-0.2, 0) is 9.53 Å². The van der Waals surface area contributed by atoms with Gasteiger partial charge in [0.1, 0.15) is 6.04 Å². The Hall–Kier alpha value is -2.93. The highest BCUT2D eigenvalue weighted by molar-refractivity contribution is 7.12. The fourth-order valence-electron chi connectivity index (χ4n) is 3.74. The van der Waals surface area contributed by atoms with Gasteiger partial charge in [-0.2, -0.15) is 0 Å². The topological polar surface area (TPSA) is 79.5 Å². The Bertz CT molecular complexity index is 1040. The van der Waals surface area contributed by atoms with Crippen molar-refractivity contribution in [1.82, 2.24) is 9.88 Å². The van der Waals surface area contributed by atoms with Crippen molar-refractivity contribution in [1.29, 1.82) is 0 Å². The van der Waals surface area contributed by atoms with E-state index in [9.17, 15) is 14.4 Å². The monoisotopic (exact) mass is 396 g/mol. The Morgan fingerprint density at radius 3 is 2.82 bits per heavy atom. The maximum absolute atomic E-state index is 12.7. The highest BCUT2D eigenvalue weighted by Gasteiger charge is 2.36. The standard InChI is InChI=1S/C21H20N2O4S/c1-13-19(14-6-2-3-7-15(14)22-13)17(24)12-27-21(26)16-8-4-10-23(16)20(25)18-9-5-11-28-18/h2-3,5-7,9,11,16,22H,4,8,10,12H2,1H3/t16-/m1/s1. The number of carbonyl (C=O) groups is 3. The Kier molecular flexibility index (Phi) is 5.00. The molecule has 1 N–H and O–H groups in total. The zero-order chi connectivity index (χ0) is 19.7. The van der Waals surface area contributed by atoms with Gasteiger partial charge in [0.15, 0.2) is 6.61 Å². The van der Waals surface area contributed by atoms with Crippen LogP contribution in [0.5, 0.6) is 0 Å². The minimum atomic E-state index is -0.633. The van der Waals surface area contributed by atoms with Gasteiger partial charge >= 0.3 is 5.97 Å². The largest absolute Gasteiger partial charge is 0.456 e. The van der Waals surface area contributed by atoms with Crippen LogP contribution in [0, 0.1) is 6.92 Å². The number of hydrogen-bond donors (Lipinski definition) is 1. The van der Waals surface area contributed by atoms with Gasteiger partial charge in [0, 0.05) is 28.7 Å². The van der Waals surface area contributed by atoms with Crippen LogP contribution >= 0.6 is 11.3 Å². The number of nitrogens with zero attached hydrogens (tertiary/aromatic N) is 1. The van der Waals surface area contributed by atoms with Gasteiger partial charge in [0.25, 0.3) is 5.91 Å². The molecule has 144 valence electrons. The highest BCUT2D eigenvalue weighted by Crippen LogP contribution is 2.24. The Morgan fingerprint density at radius 2 is 2.04 bits per heavy atom. The van der Waals surface area contributed by atoms with Gasteiger partial charge in [-0.05, 0) is 37.3 Å². The van der Waals surface area contributed by atoms with Crippen molar-refractivity contribution < 1.29 is 19.1 Å². The van der Waals surface area contributed by atoms with E-state index in [0.29, 0.717) is 23.4 Å². The lowest BCUT2D eigenvalue weighted by Crippen LogP contribution is -2.41. The molecule has 1 aromatic carbocycles. The zero-order valence-electron chi connectivity index (χ0n) is 15.4. The van der Waals surface area contributed by atoms with Crippen LogP contribution in [0.1, 0.15) is 38.6 Å². The number of likely N-dealkylation sites (tertiary alicyclic amines) is 1. The lowest BCUT2D eigenvalue weighted by Gasteiger charge is -2.22. The molecule has 3 aromatic rings. The van der Waals surface area contributed by atoms with Crippen molar-refractivity contribution in [2.45, 2.75) is 25.8 Å². The second kappa shape index (κ2) is 7.59. The number of rotatable bonds is 5. The van der Waals surface area contributed by atoms with E-state index in [-0.39, 0.29) is 18.3 Å². The quantitative estimate of drug-likeness (QED) is 0.528. The molecule has 0 spiro atoms. The van der Waals surface area contributed by atoms with E-state index in [1.807, 2.05) is 42.6 Å². The predicted octanol–water partition coefficient (Wildman–Crippen LogP) is 3.57. The fourth-order valence-corrected chi connectivity index (χ4v) is 4.42. The molecule has 1 aliphatic heterocycles. The summed E-state index contributed by atoms with van der Waals surface area (Å²) < 4.78 is 5.32. The van der Waals surface area contributed by atoms with E-state index in [1.54, 1.807) is 11.0 Å². The molecule has 3 heterocycles. The van der Waals surface area contributed by atoms with Gasteiger partial charge in [-0.15, -0.1) is 11.3 Å². The van der Waals surface area contributed by atoms with Gasteiger partial charge in [-0.1, -0.05) is 24.3 Å². The van der Waals surface area contributed by atoms with Crippen molar-refractivity contribution in [3.63, 3.8) is 0 Å². The number of aryl methyl sites for hydroxylation is 1. The summed E-state index contributed by atoms with van der Waals surface area (Å²) in [7, 11) is 0. The first-order valence-electron chi connectivity index (χ1n) is 9.18. The van der Waals surface area contributed by atoms with Gasteiger partial charge in [0.2, 0.25) is 5.78 Å². The number of aromatic nitrogens is 1. The number of aromatic amines is 1. The number of fused-ring (bicyclic) bond motifs is 1. The number of ketones is 1. The minimum Gasteiger partial charge on any atom is -0.456 e. The molecule has 0 unspecified atom stereocenters. The van der Waals surface area contributed by atoms with Crippen LogP contribution in [0.2, 0.25) is 0 Å². The summed E-state index contributed by atoms with van der Waals surface area (Å²) in [5.74, 6) is -0.932. The minimum absolute atomic E-state index is 0.159. The van der Waals surface area contributed by atoms with Crippen molar-refractivity contribution in [2.75, 3.05) is 13.2 Å². The molecule has 1 atom stereocenters. The molecule has 7 heteroatoms. The van der Waals surface area contributed by atoms with E-state index in [2.05, 4.69) is 4.98 Å². The molecule has 1 aliphatic rings. The molecule has 0 aliphatic carbocycles. The van der Waals surface area contributed by atoms with Crippen LogP contribution in [0.3, 0.4) is 0 Å². The summed E-state index contributed by atoms with van der Waals surface area (Å²) in [6.45, 7) is 2.01. The molecule has 0 bridgehead atoms. The normalized spacial score (nSPS) is 16.5. The van der Waals surface area contributed by atoms with Crippen molar-refractivity contribution in [2.24, 2.45) is 0 Å². The van der Waals surface area contributed by atoms with E-state index >= 15 is 0 Å². The number of H-pyrrole nitrogens is 1.